The minimum absolute atomic E-state index is 0.542. The van der Waals surface area contributed by atoms with Crippen LogP contribution in [-0.2, 0) is 0 Å². The first-order valence-electron chi connectivity index (χ1n) is 6.95. The Labute approximate surface area is 104 Å². The number of hydrogen-bond donors (Lipinski definition) is 0. The van der Waals surface area contributed by atoms with Gasteiger partial charge in [-0.05, 0) is 54.7 Å². The van der Waals surface area contributed by atoms with Gasteiger partial charge in [0.1, 0.15) is 11.5 Å². The van der Waals surface area contributed by atoms with Crippen LogP contribution in [0.2, 0.25) is 0 Å². The monoisotopic (exact) mass is 233 g/mol. The molecule has 0 radical (unpaired) electrons. The number of methoxy groups -OCH3 is 2. The lowest BCUT2D eigenvalue weighted by Crippen LogP contribution is -2.08. The predicted octanol–water partition coefficient (Wildman–Crippen LogP) is 3.61. The lowest BCUT2D eigenvalue weighted by Gasteiger charge is -2.23. The van der Waals surface area contributed by atoms with E-state index in [-0.39, 0.29) is 0 Å². The Morgan fingerprint density at radius 1 is 1.12 bits per heavy atom. The molecule has 2 nitrogen and oxygen atoms in total. The van der Waals surface area contributed by atoms with Gasteiger partial charge in [-0.1, -0.05) is 6.42 Å². The molecular weight excluding hydrogens is 212 g/mol. The Hall–Kier alpha value is -1.18. The van der Waals surface area contributed by atoms with Gasteiger partial charge in [0, 0.05) is 6.07 Å². The molecule has 0 unspecified atom stereocenters. The third kappa shape index (κ3) is 1.90. The third-order valence-corrected chi connectivity index (χ3v) is 4.43. The first-order valence-corrected chi connectivity index (χ1v) is 6.45. The molecule has 0 aliphatic heterocycles. The van der Waals surface area contributed by atoms with Gasteiger partial charge in [0.25, 0.3) is 0 Å². The molecule has 1 aromatic carbocycles. The Morgan fingerprint density at radius 2 is 1.94 bits per heavy atom. The molecule has 0 spiro atoms. The minimum atomic E-state index is 0.542. The summed E-state index contributed by atoms with van der Waals surface area (Å²) in [7, 11) is 3.29. The van der Waals surface area contributed by atoms with Gasteiger partial charge in [0.2, 0.25) is 0 Å². The van der Waals surface area contributed by atoms with Crippen molar-refractivity contribution in [1.29, 1.82) is 0 Å². The van der Waals surface area contributed by atoms with Crippen molar-refractivity contribution in [1.82, 2.24) is 0 Å². The molecule has 0 heterocycles. The average molecular weight is 233 g/mol. The van der Waals surface area contributed by atoms with Crippen LogP contribution in [-0.4, -0.2) is 14.2 Å². The molecule has 2 bridgehead atoms. The number of rotatable bonds is 3. The maximum absolute atomic E-state index is 8.28. The maximum Gasteiger partial charge on any atom is 0.122 e. The highest BCUT2D eigenvalue weighted by Gasteiger charge is 2.40. The first kappa shape index (κ1) is 9.81. The smallest absolute Gasteiger partial charge is 0.122 e. The zero-order valence-corrected chi connectivity index (χ0v) is 10.5. The van der Waals surface area contributed by atoms with Crippen molar-refractivity contribution in [3.63, 3.8) is 0 Å². The van der Waals surface area contributed by atoms with Gasteiger partial charge < -0.3 is 9.47 Å². The van der Waals surface area contributed by atoms with Crippen molar-refractivity contribution < 1.29 is 10.8 Å². The summed E-state index contributed by atoms with van der Waals surface area (Å²) in [4.78, 5) is 0. The summed E-state index contributed by atoms with van der Waals surface area (Å²) in [6.45, 7) is 0. The summed E-state index contributed by atoms with van der Waals surface area (Å²) in [5.41, 5.74) is 1.12. The van der Waals surface area contributed by atoms with Crippen LogP contribution in [0.1, 0.15) is 38.5 Å². The van der Waals surface area contributed by atoms with Crippen molar-refractivity contribution in [3.8, 4) is 11.5 Å². The van der Waals surface area contributed by atoms with Crippen molar-refractivity contribution in [2.75, 3.05) is 14.2 Å². The van der Waals surface area contributed by atoms with Crippen LogP contribution in [0.4, 0.5) is 0 Å². The van der Waals surface area contributed by atoms with Crippen LogP contribution >= 0.6 is 0 Å². The molecule has 2 fully saturated rings. The highest BCUT2D eigenvalue weighted by molar-refractivity contribution is 5.40. The molecule has 0 amide bonds. The molecular formula is C15H20O2. The zero-order valence-electron chi connectivity index (χ0n) is 11.5. The highest BCUT2D eigenvalue weighted by atomic mass is 16.5. The summed E-state index contributed by atoms with van der Waals surface area (Å²) in [5.74, 6) is 3.64. The second kappa shape index (κ2) is 4.25. The fourth-order valence-corrected chi connectivity index (χ4v) is 3.59. The molecule has 2 aliphatic rings. The number of fused-ring (bicyclic) bond motifs is 2. The topological polar surface area (TPSA) is 18.5 Å². The summed E-state index contributed by atoms with van der Waals surface area (Å²) in [6.07, 6.45) is 5.31. The average Bonchev–Trinajstić information content (AvgIpc) is 3.01. The van der Waals surface area contributed by atoms with Crippen LogP contribution in [0.5, 0.6) is 11.5 Å². The van der Waals surface area contributed by atoms with Crippen LogP contribution in [0.25, 0.3) is 0 Å². The zero-order chi connectivity index (χ0) is 12.7. The lowest BCUT2D eigenvalue weighted by molar-refractivity contribution is 0.385. The fourth-order valence-electron chi connectivity index (χ4n) is 3.59. The molecule has 2 aliphatic carbocycles. The van der Waals surface area contributed by atoms with E-state index in [4.69, 9.17) is 10.8 Å². The number of ether oxygens (including phenoxy) is 2. The van der Waals surface area contributed by atoms with E-state index < -0.39 is 0 Å². The Bertz CT molecular complexity index is 458. The Kier molecular flexibility index (Phi) is 2.45. The molecule has 2 heteroatoms. The van der Waals surface area contributed by atoms with Crippen LogP contribution in [0, 0.1) is 11.8 Å². The van der Waals surface area contributed by atoms with Gasteiger partial charge >= 0.3 is 0 Å². The normalized spacial score (nSPS) is 31.4. The van der Waals surface area contributed by atoms with Gasteiger partial charge in [0.15, 0.2) is 0 Å². The van der Waals surface area contributed by atoms with Gasteiger partial charge in [-0.2, -0.15) is 0 Å². The minimum Gasteiger partial charge on any atom is -0.497 e. The van der Waals surface area contributed by atoms with E-state index in [0.29, 0.717) is 17.7 Å². The lowest BCUT2D eigenvalue weighted by atomic mass is 9.83. The van der Waals surface area contributed by atoms with E-state index in [1.807, 2.05) is 6.07 Å². The van der Waals surface area contributed by atoms with Crippen LogP contribution in [0.3, 0.4) is 0 Å². The molecule has 17 heavy (non-hydrogen) atoms. The van der Waals surface area contributed by atoms with Gasteiger partial charge in [-0.15, -0.1) is 0 Å². The Balaban J connectivity index is 2.00. The van der Waals surface area contributed by atoms with Crippen molar-refractivity contribution >= 4 is 0 Å². The second-order valence-electron chi connectivity index (χ2n) is 5.33. The van der Waals surface area contributed by atoms with Crippen molar-refractivity contribution in [3.05, 3.63) is 23.7 Å². The summed E-state index contributed by atoms with van der Waals surface area (Å²) >= 11 is 0. The molecule has 0 saturated heterocycles. The summed E-state index contributed by atoms with van der Waals surface area (Å²) in [6, 6.07) is 4.39. The molecule has 92 valence electrons. The van der Waals surface area contributed by atoms with Crippen LogP contribution < -0.4 is 9.47 Å². The van der Waals surface area contributed by atoms with E-state index in [2.05, 4.69) is 0 Å². The van der Waals surface area contributed by atoms with E-state index in [1.165, 1.54) is 25.7 Å². The highest BCUT2D eigenvalue weighted by Crippen LogP contribution is 2.53. The standard InChI is InChI=1S/C15H20O2/c1-16-13-7-12(8-14(9-13)17-2)15-6-10-3-4-11(15)5-10/h7-11,15H,3-6H2,1-2H3/t10-,11+,15+/m0/s1/i7D. The van der Waals surface area contributed by atoms with Gasteiger partial charge in [-0.25, -0.2) is 0 Å². The SMILES string of the molecule is [2H]c1c(OC)cc(OC)cc1[C@@H]1C[C@H]2CC[C@@H]1C2. The van der Waals surface area contributed by atoms with Crippen LogP contribution in [0.15, 0.2) is 18.2 Å². The molecule has 0 aromatic heterocycles. The second-order valence-corrected chi connectivity index (χ2v) is 5.33. The first-order chi connectivity index (χ1) is 8.72. The largest absolute Gasteiger partial charge is 0.497 e. The van der Waals surface area contributed by atoms with E-state index >= 15 is 0 Å². The maximum atomic E-state index is 8.28. The molecule has 0 N–H and O–H groups in total. The van der Waals surface area contributed by atoms with E-state index in [0.717, 1.165) is 23.1 Å². The Morgan fingerprint density at radius 3 is 2.53 bits per heavy atom. The summed E-state index contributed by atoms with van der Waals surface area (Å²) < 4.78 is 18.9. The molecule has 1 aromatic rings. The molecule has 3 atom stereocenters. The number of benzene rings is 1. The fraction of sp³-hybridized carbons (Fsp3) is 0.600. The number of hydrogen-bond acceptors (Lipinski definition) is 2. The van der Waals surface area contributed by atoms with Gasteiger partial charge in [0.05, 0.1) is 15.6 Å². The quantitative estimate of drug-likeness (QED) is 0.794. The predicted molar refractivity (Wildman–Crippen MR) is 67.7 cm³/mol. The molecule has 3 rings (SSSR count). The van der Waals surface area contributed by atoms with E-state index in [1.54, 1.807) is 20.3 Å². The van der Waals surface area contributed by atoms with Gasteiger partial charge in [-0.3, -0.25) is 0 Å². The molecule has 2 saturated carbocycles. The van der Waals surface area contributed by atoms with Crippen molar-refractivity contribution in [2.45, 2.75) is 31.6 Å². The van der Waals surface area contributed by atoms with E-state index in [9.17, 15) is 0 Å². The summed E-state index contributed by atoms with van der Waals surface area (Å²) in [5, 5.41) is 0. The third-order valence-electron chi connectivity index (χ3n) is 4.43. The van der Waals surface area contributed by atoms with Crippen molar-refractivity contribution in [2.24, 2.45) is 11.8 Å².